The number of nitrogens with zero attached hydrogens (tertiary/aromatic N) is 2. The Morgan fingerprint density at radius 2 is 2.00 bits per heavy atom. The Kier molecular flexibility index (Phi) is 5.68. The maximum atomic E-state index is 11.8. The Bertz CT molecular complexity index is 447. The number of rotatable bonds is 5. The number of hydrogen-bond donors (Lipinski definition) is 0. The lowest BCUT2D eigenvalue weighted by atomic mass is 9.91. The van der Waals surface area contributed by atoms with Gasteiger partial charge in [0, 0.05) is 11.9 Å². The van der Waals surface area contributed by atoms with E-state index < -0.39 is 11.7 Å². The minimum Gasteiger partial charge on any atom is -0.442 e. The molecule has 114 valence electrons. The van der Waals surface area contributed by atoms with Crippen LogP contribution < -0.4 is 0 Å². The van der Waals surface area contributed by atoms with Crippen molar-refractivity contribution in [2.45, 2.75) is 65.0 Å². The van der Waals surface area contributed by atoms with Crippen molar-refractivity contribution in [3.63, 3.8) is 0 Å². The zero-order chi connectivity index (χ0) is 15.4. The summed E-state index contributed by atoms with van der Waals surface area (Å²) in [4.78, 5) is 11.8. The summed E-state index contributed by atoms with van der Waals surface area (Å²) in [5, 5.41) is 5.12. The van der Waals surface area contributed by atoms with Gasteiger partial charge in [-0.15, -0.1) is 11.8 Å². The number of carbonyl (C=O) groups is 1. The van der Waals surface area contributed by atoms with E-state index in [2.05, 4.69) is 25.9 Å². The minimum absolute atomic E-state index is 0.287. The van der Waals surface area contributed by atoms with Crippen LogP contribution in [-0.2, 0) is 4.74 Å². The number of aromatic nitrogens is 2. The van der Waals surface area contributed by atoms with Crippen LogP contribution in [0.5, 0.6) is 0 Å². The third-order valence-electron chi connectivity index (χ3n) is 2.68. The second-order valence-electron chi connectivity index (χ2n) is 6.78. The molecular weight excluding hydrogens is 272 g/mol. The molecule has 0 aliphatic heterocycles. The molecule has 1 aromatic rings. The van der Waals surface area contributed by atoms with E-state index in [0.29, 0.717) is 0 Å². The standard InChI is InChI=1S/C15H26N2O2S/c1-7-9-15(5,6)11-20-12-8-10-17(16-12)13(18)19-14(2,3)4/h8,10H,7,9,11H2,1-6H3. The van der Waals surface area contributed by atoms with Crippen LogP contribution in [0.3, 0.4) is 0 Å². The molecular formula is C15H26N2O2S. The monoisotopic (exact) mass is 298 g/mol. The van der Waals surface area contributed by atoms with Crippen LogP contribution in [-0.4, -0.2) is 27.2 Å². The van der Waals surface area contributed by atoms with Gasteiger partial charge in [-0.2, -0.15) is 9.78 Å². The maximum Gasteiger partial charge on any atom is 0.435 e. The highest BCUT2D eigenvalue weighted by Gasteiger charge is 2.20. The first kappa shape index (κ1) is 17.1. The average molecular weight is 298 g/mol. The summed E-state index contributed by atoms with van der Waals surface area (Å²) in [6, 6.07) is 1.86. The Labute approximate surface area is 126 Å². The summed E-state index contributed by atoms with van der Waals surface area (Å²) in [6.07, 6.45) is 3.59. The van der Waals surface area contributed by atoms with Gasteiger partial charge in [0.1, 0.15) is 10.6 Å². The maximum absolute atomic E-state index is 11.8. The molecule has 1 heterocycles. The van der Waals surface area contributed by atoms with Gasteiger partial charge in [0.25, 0.3) is 0 Å². The van der Waals surface area contributed by atoms with Gasteiger partial charge in [0.05, 0.1) is 0 Å². The molecule has 1 aromatic heterocycles. The van der Waals surface area contributed by atoms with Gasteiger partial charge in [-0.25, -0.2) is 4.79 Å². The summed E-state index contributed by atoms with van der Waals surface area (Å²) in [7, 11) is 0. The second-order valence-corrected chi connectivity index (χ2v) is 7.78. The molecule has 0 spiro atoms. The van der Waals surface area contributed by atoms with Crippen molar-refractivity contribution in [3.05, 3.63) is 12.3 Å². The number of carbonyl (C=O) groups excluding carboxylic acids is 1. The minimum atomic E-state index is -0.501. The summed E-state index contributed by atoms with van der Waals surface area (Å²) in [6.45, 7) is 12.2. The molecule has 5 heteroatoms. The van der Waals surface area contributed by atoms with Crippen LogP contribution in [0.15, 0.2) is 17.3 Å². The van der Waals surface area contributed by atoms with Crippen molar-refractivity contribution in [1.82, 2.24) is 9.78 Å². The molecule has 0 N–H and O–H groups in total. The lowest BCUT2D eigenvalue weighted by molar-refractivity contribution is 0.0512. The molecule has 0 amide bonds. The zero-order valence-electron chi connectivity index (χ0n) is 13.4. The van der Waals surface area contributed by atoms with E-state index in [-0.39, 0.29) is 5.41 Å². The first-order chi connectivity index (χ1) is 9.13. The van der Waals surface area contributed by atoms with E-state index in [1.54, 1.807) is 18.0 Å². The number of ether oxygens (including phenoxy) is 1. The molecule has 0 aromatic carbocycles. The van der Waals surface area contributed by atoms with Crippen LogP contribution in [0.25, 0.3) is 0 Å². The van der Waals surface area contributed by atoms with Crippen molar-refractivity contribution in [3.8, 4) is 0 Å². The predicted molar refractivity (Wildman–Crippen MR) is 83.3 cm³/mol. The van der Waals surface area contributed by atoms with E-state index in [4.69, 9.17) is 4.74 Å². The normalized spacial score (nSPS) is 12.5. The van der Waals surface area contributed by atoms with Crippen LogP contribution in [0.4, 0.5) is 4.79 Å². The second kappa shape index (κ2) is 6.66. The topological polar surface area (TPSA) is 44.1 Å². The van der Waals surface area contributed by atoms with E-state index in [0.717, 1.165) is 10.8 Å². The number of thioether (sulfide) groups is 1. The third-order valence-corrected chi connectivity index (χ3v) is 4.12. The average Bonchev–Trinajstić information content (AvgIpc) is 2.72. The van der Waals surface area contributed by atoms with Crippen molar-refractivity contribution in [2.24, 2.45) is 5.41 Å². The van der Waals surface area contributed by atoms with Crippen molar-refractivity contribution in [2.75, 3.05) is 5.75 Å². The van der Waals surface area contributed by atoms with Crippen LogP contribution in [0, 0.1) is 5.41 Å². The number of hydrogen-bond acceptors (Lipinski definition) is 4. The molecule has 0 saturated carbocycles. The SMILES string of the molecule is CCCC(C)(C)CSc1ccn(C(=O)OC(C)(C)C)n1. The van der Waals surface area contributed by atoms with Crippen LogP contribution in [0.2, 0.25) is 0 Å². The molecule has 4 nitrogen and oxygen atoms in total. The van der Waals surface area contributed by atoms with Crippen LogP contribution in [0.1, 0.15) is 54.4 Å². The van der Waals surface area contributed by atoms with Crippen molar-refractivity contribution in [1.29, 1.82) is 0 Å². The van der Waals surface area contributed by atoms with Gasteiger partial charge in [-0.05, 0) is 38.7 Å². The molecule has 0 bridgehead atoms. The molecule has 0 aliphatic rings. The molecule has 0 unspecified atom stereocenters. The van der Waals surface area contributed by atoms with Gasteiger partial charge in [0.2, 0.25) is 0 Å². The van der Waals surface area contributed by atoms with Gasteiger partial charge in [-0.1, -0.05) is 27.2 Å². The van der Waals surface area contributed by atoms with Gasteiger partial charge < -0.3 is 4.74 Å². The lowest BCUT2D eigenvalue weighted by Gasteiger charge is -2.22. The summed E-state index contributed by atoms with van der Waals surface area (Å²) >= 11 is 1.68. The fourth-order valence-electron chi connectivity index (χ4n) is 1.81. The van der Waals surface area contributed by atoms with E-state index >= 15 is 0 Å². The first-order valence-corrected chi connectivity index (χ1v) is 8.03. The predicted octanol–water partition coefficient (Wildman–Crippen LogP) is 4.58. The molecule has 0 fully saturated rings. The van der Waals surface area contributed by atoms with Gasteiger partial charge in [-0.3, -0.25) is 0 Å². The van der Waals surface area contributed by atoms with Crippen molar-refractivity contribution >= 4 is 17.9 Å². The summed E-state index contributed by atoms with van der Waals surface area (Å²) in [5.41, 5.74) is -0.214. The largest absolute Gasteiger partial charge is 0.442 e. The first-order valence-electron chi connectivity index (χ1n) is 7.05. The van der Waals surface area contributed by atoms with Crippen molar-refractivity contribution < 1.29 is 9.53 Å². The van der Waals surface area contributed by atoms with E-state index in [1.807, 2.05) is 26.8 Å². The van der Waals surface area contributed by atoms with Gasteiger partial charge in [0.15, 0.2) is 0 Å². The Hall–Kier alpha value is -0.970. The van der Waals surface area contributed by atoms with Crippen LogP contribution >= 0.6 is 11.8 Å². The molecule has 0 saturated heterocycles. The Morgan fingerprint density at radius 3 is 2.55 bits per heavy atom. The van der Waals surface area contributed by atoms with E-state index in [9.17, 15) is 4.79 Å². The molecule has 0 atom stereocenters. The Balaban J connectivity index is 2.58. The fourth-order valence-corrected chi connectivity index (χ4v) is 2.80. The highest BCUT2D eigenvalue weighted by molar-refractivity contribution is 7.99. The summed E-state index contributed by atoms with van der Waals surface area (Å²) < 4.78 is 6.54. The molecule has 0 radical (unpaired) electrons. The smallest absolute Gasteiger partial charge is 0.435 e. The highest BCUT2D eigenvalue weighted by Crippen LogP contribution is 2.30. The summed E-state index contributed by atoms with van der Waals surface area (Å²) in [5.74, 6) is 0.992. The zero-order valence-corrected chi connectivity index (χ0v) is 14.2. The lowest BCUT2D eigenvalue weighted by Crippen LogP contribution is -2.27. The fraction of sp³-hybridized carbons (Fsp3) is 0.733. The Morgan fingerprint density at radius 1 is 1.35 bits per heavy atom. The van der Waals surface area contributed by atoms with Gasteiger partial charge >= 0.3 is 6.09 Å². The quantitative estimate of drug-likeness (QED) is 0.746. The highest BCUT2D eigenvalue weighted by atomic mass is 32.2. The van der Waals surface area contributed by atoms with E-state index in [1.165, 1.54) is 17.5 Å². The molecule has 0 aliphatic carbocycles. The third kappa shape index (κ3) is 5.99. The molecule has 20 heavy (non-hydrogen) atoms. The molecule has 1 rings (SSSR count).